The standard InChI is InChI=1S/C18H13NO6S2/c1-23-16(20)11-12(17(21)24-2)14(18(22)25-3)19-10-7-26-6-9(10)8-4-5-27-15(8)13(11)19/h4-7H,1-3H3. The van der Waals surface area contributed by atoms with E-state index in [1.807, 2.05) is 22.2 Å². The number of rotatable bonds is 3. The lowest BCUT2D eigenvalue weighted by atomic mass is 10.1. The Balaban J connectivity index is 2.38. The molecular weight excluding hydrogens is 390 g/mol. The van der Waals surface area contributed by atoms with E-state index in [0.29, 0.717) is 11.0 Å². The van der Waals surface area contributed by atoms with Gasteiger partial charge in [0.1, 0.15) is 16.8 Å². The van der Waals surface area contributed by atoms with Crippen LogP contribution in [0.4, 0.5) is 0 Å². The molecule has 0 aromatic carbocycles. The molecule has 9 heteroatoms. The Hall–Kier alpha value is -2.91. The summed E-state index contributed by atoms with van der Waals surface area (Å²) in [7, 11) is 3.63. The van der Waals surface area contributed by atoms with Crippen LogP contribution in [0.3, 0.4) is 0 Å². The number of carbonyl (C=O) groups is 3. The maximum absolute atomic E-state index is 12.6. The summed E-state index contributed by atoms with van der Waals surface area (Å²) >= 11 is 2.87. The third-order valence-corrected chi connectivity index (χ3v) is 6.03. The molecule has 0 fully saturated rings. The predicted molar refractivity (Wildman–Crippen MR) is 102 cm³/mol. The molecule has 4 aromatic heterocycles. The Labute approximate surface area is 160 Å². The predicted octanol–water partition coefficient (Wildman–Crippen LogP) is 3.73. The lowest BCUT2D eigenvalue weighted by Crippen LogP contribution is -2.15. The maximum atomic E-state index is 12.6. The molecule has 0 bridgehead atoms. The molecule has 0 aliphatic carbocycles. The number of pyridine rings is 1. The van der Waals surface area contributed by atoms with Crippen LogP contribution < -0.4 is 0 Å². The van der Waals surface area contributed by atoms with Crippen LogP contribution in [-0.4, -0.2) is 43.6 Å². The van der Waals surface area contributed by atoms with Gasteiger partial charge in [0.05, 0.1) is 37.1 Å². The third kappa shape index (κ3) is 2.28. The van der Waals surface area contributed by atoms with Crippen LogP contribution >= 0.6 is 22.7 Å². The van der Waals surface area contributed by atoms with Gasteiger partial charge in [0.15, 0.2) is 0 Å². The number of methoxy groups -OCH3 is 3. The van der Waals surface area contributed by atoms with Crippen LogP contribution in [-0.2, 0) is 14.2 Å². The normalized spacial score (nSPS) is 11.2. The molecule has 138 valence electrons. The average Bonchev–Trinajstić information content (AvgIpc) is 3.40. The van der Waals surface area contributed by atoms with Crippen LogP contribution in [0, 0.1) is 0 Å². The first-order valence-corrected chi connectivity index (χ1v) is 9.55. The molecule has 0 spiro atoms. The number of esters is 3. The fourth-order valence-electron chi connectivity index (χ4n) is 3.29. The van der Waals surface area contributed by atoms with Gasteiger partial charge >= 0.3 is 17.9 Å². The first-order valence-electron chi connectivity index (χ1n) is 7.73. The highest BCUT2D eigenvalue weighted by Gasteiger charge is 2.35. The zero-order valence-corrected chi connectivity index (χ0v) is 16.2. The van der Waals surface area contributed by atoms with Crippen LogP contribution in [0.25, 0.3) is 26.5 Å². The summed E-state index contributed by atoms with van der Waals surface area (Å²) < 4.78 is 17.1. The van der Waals surface area contributed by atoms with E-state index in [-0.39, 0.29) is 16.8 Å². The van der Waals surface area contributed by atoms with Gasteiger partial charge in [0, 0.05) is 21.5 Å². The van der Waals surface area contributed by atoms with Crippen molar-refractivity contribution in [2.24, 2.45) is 0 Å². The summed E-state index contributed by atoms with van der Waals surface area (Å²) in [6.45, 7) is 0. The summed E-state index contributed by atoms with van der Waals surface area (Å²) in [5.41, 5.74) is 0.897. The van der Waals surface area contributed by atoms with Gasteiger partial charge in [-0.25, -0.2) is 14.4 Å². The second-order valence-corrected chi connectivity index (χ2v) is 7.25. The summed E-state index contributed by atoms with van der Waals surface area (Å²) in [6.07, 6.45) is 0. The zero-order chi connectivity index (χ0) is 19.3. The van der Waals surface area contributed by atoms with Gasteiger partial charge < -0.3 is 14.2 Å². The second kappa shape index (κ2) is 6.36. The molecule has 7 nitrogen and oxygen atoms in total. The van der Waals surface area contributed by atoms with E-state index >= 15 is 0 Å². The Bertz CT molecular complexity index is 1160. The van der Waals surface area contributed by atoms with Gasteiger partial charge in [-0.1, -0.05) is 0 Å². The molecule has 4 heterocycles. The molecule has 4 aromatic rings. The minimum absolute atomic E-state index is 0.00898. The number of nitrogens with zero attached hydrogens (tertiary/aromatic N) is 1. The first kappa shape index (κ1) is 17.5. The molecular formula is C18H13NO6S2. The summed E-state index contributed by atoms with van der Waals surface area (Å²) in [5.74, 6) is -2.29. The molecule has 0 unspecified atom stereocenters. The minimum Gasteiger partial charge on any atom is -0.465 e. The van der Waals surface area contributed by atoms with E-state index in [1.165, 1.54) is 44.0 Å². The van der Waals surface area contributed by atoms with Crippen molar-refractivity contribution in [1.82, 2.24) is 4.40 Å². The number of carbonyl (C=O) groups excluding carboxylic acids is 3. The van der Waals surface area contributed by atoms with E-state index in [4.69, 9.17) is 14.2 Å². The van der Waals surface area contributed by atoms with Crippen LogP contribution in [0.15, 0.2) is 22.2 Å². The van der Waals surface area contributed by atoms with Crippen molar-refractivity contribution in [3.8, 4) is 0 Å². The van der Waals surface area contributed by atoms with E-state index in [9.17, 15) is 14.4 Å². The molecule has 0 amide bonds. The fourth-order valence-corrected chi connectivity index (χ4v) is 5.05. The SMILES string of the molecule is COC(=O)c1c(C(=O)OC)c2c3sccc3c3cscc3n2c1C(=O)OC. The van der Waals surface area contributed by atoms with Gasteiger partial charge in [0.2, 0.25) is 0 Å². The van der Waals surface area contributed by atoms with Gasteiger partial charge in [-0.3, -0.25) is 4.40 Å². The largest absolute Gasteiger partial charge is 0.465 e. The molecule has 0 aliphatic rings. The Kier molecular flexibility index (Phi) is 4.12. The lowest BCUT2D eigenvalue weighted by Gasteiger charge is -2.06. The van der Waals surface area contributed by atoms with Gasteiger partial charge in [0.25, 0.3) is 0 Å². The monoisotopic (exact) mass is 403 g/mol. The Morgan fingerprint density at radius 2 is 1.56 bits per heavy atom. The highest BCUT2D eigenvalue weighted by atomic mass is 32.1. The maximum Gasteiger partial charge on any atom is 0.355 e. The minimum atomic E-state index is -0.812. The molecule has 4 rings (SSSR count). The average molecular weight is 403 g/mol. The Morgan fingerprint density at radius 1 is 0.889 bits per heavy atom. The molecule has 0 saturated heterocycles. The molecule has 27 heavy (non-hydrogen) atoms. The van der Waals surface area contributed by atoms with Crippen molar-refractivity contribution >= 4 is 67.1 Å². The molecule has 0 atom stereocenters. The first-order chi connectivity index (χ1) is 13.0. The number of fused-ring (bicyclic) bond motifs is 6. The van der Waals surface area contributed by atoms with Crippen molar-refractivity contribution in [3.63, 3.8) is 0 Å². The van der Waals surface area contributed by atoms with Crippen LogP contribution in [0.2, 0.25) is 0 Å². The second-order valence-electron chi connectivity index (χ2n) is 5.59. The highest BCUT2D eigenvalue weighted by molar-refractivity contribution is 7.18. The smallest absolute Gasteiger partial charge is 0.355 e. The summed E-state index contributed by atoms with van der Waals surface area (Å²) in [5, 5.41) is 7.55. The molecule has 0 aliphatic heterocycles. The van der Waals surface area contributed by atoms with Gasteiger partial charge in [-0.2, -0.15) is 0 Å². The van der Waals surface area contributed by atoms with E-state index < -0.39 is 17.9 Å². The van der Waals surface area contributed by atoms with Crippen molar-refractivity contribution in [1.29, 1.82) is 0 Å². The highest BCUT2D eigenvalue weighted by Crippen LogP contribution is 2.40. The number of hydrogen-bond donors (Lipinski definition) is 0. The van der Waals surface area contributed by atoms with E-state index in [0.717, 1.165) is 15.5 Å². The van der Waals surface area contributed by atoms with Gasteiger partial charge in [-0.15, -0.1) is 22.7 Å². The lowest BCUT2D eigenvalue weighted by molar-refractivity contribution is 0.0536. The van der Waals surface area contributed by atoms with E-state index in [2.05, 4.69) is 0 Å². The summed E-state index contributed by atoms with van der Waals surface area (Å²) in [6, 6.07) is 1.94. The number of thiophene rings is 2. The number of aromatic nitrogens is 1. The molecule has 0 saturated carbocycles. The molecule has 0 N–H and O–H groups in total. The zero-order valence-electron chi connectivity index (χ0n) is 14.5. The number of ether oxygens (including phenoxy) is 3. The Morgan fingerprint density at radius 3 is 2.22 bits per heavy atom. The molecule has 0 radical (unpaired) electrons. The van der Waals surface area contributed by atoms with Crippen molar-refractivity contribution < 1.29 is 28.6 Å². The fraction of sp³-hybridized carbons (Fsp3) is 0.167. The van der Waals surface area contributed by atoms with Crippen molar-refractivity contribution in [2.45, 2.75) is 0 Å². The van der Waals surface area contributed by atoms with Gasteiger partial charge in [-0.05, 0) is 11.4 Å². The number of hydrogen-bond acceptors (Lipinski definition) is 8. The van der Waals surface area contributed by atoms with Crippen LogP contribution in [0.1, 0.15) is 31.2 Å². The van der Waals surface area contributed by atoms with Crippen LogP contribution in [0.5, 0.6) is 0 Å². The third-order valence-electron chi connectivity index (χ3n) is 4.38. The van der Waals surface area contributed by atoms with E-state index in [1.54, 1.807) is 4.40 Å². The van der Waals surface area contributed by atoms with Crippen molar-refractivity contribution in [3.05, 3.63) is 39.0 Å². The van der Waals surface area contributed by atoms with Crippen molar-refractivity contribution in [2.75, 3.05) is 21.3 Å². The quantitative estimate of drug-likeness (QED) is 0.383. The summed E-state index contributed by atoms with van der Waals surface area (Å²) in [4.78, 5) is 37.9. The topological polar surface area (TPSA) is 83.3 Å².